The largest absolute Gasteiger partial charge is 0.375 e. The fraction of sp³-hybridized carbons (Fsp3) is 0.833. The number of ether oxygens (including phenoxy) is 1. The Balaban J connectivity index is 1.64. The van der Waals surface area contributed by atoms with Gasteiger partial charge in [0, 0.05) is 24.2 Å². The molecular formula is C12H19N3OS. The Labute approximate surface area is 106 Å². The predicted octanol–water partition coefficient (Wildman–Crippen LogP) is 2.75. The van der Waals surface area contributed by atoms with Crippen LogP contribution in [0, 0.1) is 6.92 Å². The molecule has 94 valence electrons. The van der Waals surface area contributed by atoms with E-state index in [9.17, 15) is 0 Å². The molecule has 4 nitrogen and oxygen atoms in total. The van der Waals surface area contributed by atoms with Crippen molar-refractivity contribution >= 4 is 16.7 Å². The van der Waals surface area contributed by atoms with Gasteiger partial charge in [0.15, 0.2) is 0 Å². The van der Waals surface area contributed by atoms with E-state index in [0.717, 1.165) is 30.4 Å². The molecule has 1 saturated carbocycles. The summed E-state index contributed by atoms with van der Waals surface area (Å²) in [5, 5.41) is 4.48. The SMILES string of the molecule is Cc1nsc(NC2CCOC3(CCCC3)C2)n1. The lowest BCUT2D eigenvalue weighted by molar-refractivity contribution is -0.0767. The monoisotopic (exact) mass is 253 g/mol. The summed E-state index contributed by atoms with van der Waals surface area (Å²) in [6.45, 7) is 2.82. The minimum atomic E-state index is 0.176. The summed E-state index contributed by atoms with van der Waals surface area (Å²) in [5.41, 5.74) is 0.176. The van der Waals surface area contributed by atoms with E-state index in [2.05, 4.69) is 14.7 Å². The second-order valence-electron chi connectivity index (χ2n) is 5.22. The van der Waals surface area contributed by atoms with Gasteiger partial charge in [-0.2, -0.15) is 4.37 Å². The van der Waals surface area contributed by atoms with Gasteiger partial charge >= 0.3 is 0 Å². The summed E-state index contributed by atoms with van der Waals surface area (Å²) in [5.74, 6) is 0.861. The third-order valence-electron chi connectivity index (χ3n) is 3.86. The molecule has 1 aromatic rings. The van der Waals surface area contributed by atoms with Crippen molar-refractivity contribution in [1.29, 1.82) is 0 Å². The Hall–Kier alpha value is -0.680. The smallest absolute Gasteiger partial charge is 0.202 e. The van der Waals surface area contributed by atoms with Crippen molar-refractivity contribution < 1.29 is 4.74 Å². The van der Waals surface area contributed by atoms with Crippen molar-refractivity contribution in [2.75, 3.05) is 11.9 Å². The number of hydrogen-bond acceptors (Lipinski definition) is 5. The number of anilines is 1. The lowest BCUT2D eigenvalue weighted by Crippen LogP contribution is -2.42. The van der Waals surface area contributed by atoms with Crippen molar-refractivity contribution in [2.45, 2.75) is 57.1 Å². The average molecular weight is 253 g/mol. The molecule has 17 heavy (non-hydrogen) atoms. The highest BCUT2D eigenvalue weighted by Crippen LogP contribution is 2.40. The zero-order valence-corrected chi connectivity index (χ0v) is 11.1. The van der Waals surface area contributed by atoms with Crippen LogP contribution in [0.5, 0.6) is 0 Å². The standard InChI is InChI=1S/C12H19N3OS/c1-9-13-11(17-15-9)14-10-4-7-16-12(8-10)5-2-3-6-12/h10H,2-8H2,1H3,(H,13,14,15). The minimum absolute atomic E-state index is 0.176. The van der Waals surface area contributed by atoms with Crippen molar-refractivity contribution in [2.24, 2.45) is 0 Å². The summed E-state index contributed by atoms with van der Waals surface area (Å²) >= 11 is 1.46. The maximum atomic E-state index is 6.03. The molecule has 1 saturated heterocycles. The van der Waals surface area contributed by atoms with Crippen molar-refractivity contribution in [3.05, 3.63) is 5.82 Å². The highest BCUT2D eigenvalue weighted by atomic mass is 32.1. The second-order valence-corrected chi connectivity index (χ2v) is 5.97. The molecule has 3 rings (SSSR count). The molecule has 2 heterocycles. The summed E-state index contributed by atoms with van der Waals surface area (Å²) in [6.07, 6.45) is 7.34. The van der Waals surface area contributed by atoms with Gasteiger partial charge in [-0.05, 0) is 32.6 Å². The molecular weight excluding hydrogens is 234 g/mol. The summed E-state index contributed by atoms with van der Waals surface area (Å²) in [6, 6.07) is 0.509. The fourth-order valence-corrected chi connectivity index (χ4v) is 3.70. The van der Waals surface area contributed by atoms with E-state index >= 15 is 0 Å². The van der Waals surface area contributed by atoms with E-state index in [4.69, 9.17) is 4.74 Å². The van der Waals surface area contributed by atoms with Gasteiger partial charge < -0.3 is 10.1 Å². The van der Waals surface area contributed by atoms with Crippen LogP contribution >= 0.6 is 11.5 Å². The molecule has 1 atom stereocenters. The number of nitrogens with zero attached hydrogens (tertiary/aromatic N) is 2. The molecule has 1 spiro atoms. The lowest BCUT2D eigenvalue weighted by Gasteiger charge is -2.38. The first-order valence-electron chi connectivity index (χ1n) is 6.47. The summed E-state index contributed by atoms with van der Waals surface area (Å²) < 4.78 is 10.2. The Morgan fingerprint density at radius 2 is 2.24 bits per heavy atom. The molecule has 0 amide bonds. The van der Waals surface area contributed by atoms with Crippen LogP contribution in [0.4, 0.5) is 5.13 Å². The maximum absolute atomic E-state index is 6.03. The van der Waals surface area contributed by atoms with Crippen LogP contribution in [-0.4, -0.2) is 27.6 Å². The molecule has 0 bridgehead atoms. The zero-order chi connectivity index (χ0) is 11.7. The van der Waals surface area contributed by atoms with E-state index in [-0.39, 0.29) is 5.60 Å². The number of aromatic nitrogens is 2. The molecule has 1 N–H and O–H groups in total. The Kier molecular flexibility index (Phi) is 3.04. The van der Waals surface area contributed by atoms with Crippen molar-refractivity contribution in [3.8, 4) is 0 Å². The van der Waals surface area contributed by atoms with E-state index in [0.29, 0.717) is 6.04 Å². The van der Waals surface area contributed by atoms with Crippen LogP contribution in [-0.2, 0) is 4.74 Å². The molecule has 1 aliphatic carbocycles. The van der Waals surface area contributed by atoms with Crippen LogP contribution in [0.3, 0.4) is 0 Å². The van der Waals surface area contributed by atoms with Gasteiger partial charge in [-0.1, -0.05) is 12.8 Å². The molecule has 2 fully saturated rings. The summed E-state index contributed by atoms with van der Waals surface area (Å²) in [4.78, 5) is 4.38. The first-order valence-corrected chi connectivity index (χ1v) is 7.24. The van der Waals surface area contributed by atoms with Gasteiger partial charge in [0.2, 0.25) is 5.13 Å². The maximum Gasteiger partial charge on any atom is 0.202 e. The third kappa shape index (κ3) is 2.45. The molecule has 2 aliphatic rings. The average Bonchev–Trinajstić information content (AvgIpc) is 2.89. The van der Waals surface area contributed by atoms with Crippen LogP contribution in [0.1, 0.15) is 44.3 Å². The van der Waals surface area contributed by atoms with Gasteiger partial charge in [-0.25, -0.2) is 4.98 Å². The van der Waals surface area contributed by atoms with Gasteiger partial charge in [-0.3, -0.25) is 0 Å². The van der Waals surface area contributed by atoms with E-state index in [1.165, 1.54) is 37.2 Å². The number of rotatable bonds is 2. The first-order chi connectivity index (χ1) is 8.26. The zero-order valence-electron chi connectivity index (χ0n) is 10.2. The van der Waals surface area contributed by atoms with Gasteiger partial charge in [-0.15, -0.1) is 0 Å². The van der Waals surface area contributed by atoms with Crippen LogP contribution in [0.15, 0.2) is 0 Å². The Morgan fingerprint density at radius 3 is 2.94 bits per heavy atom. The minimum Gasteiger partial charge on any atom is -0.375 e. The summed E-state index contributed by atoms with van der Waals surface area (Å²) in [7, 11) is 0. The topological polar surface area (TPSA) is 47.0 Å². The Morgan fingerprint density at radius 1 is 1.41 bits per heavy atom. The predicted molar refractivity (Wildman–Crippen MR) is 68.4 cm³/mol. The highest BCUT2D eigenvalue weighted by molar-refractivity contribution is 7.09. The fourth-order valence-electron chi connectivity index (χ4n) is 3.05. The number of hydrogen-bond donors (Lipinski definition) is 1. The van der Waals surface area contributed by atoms with Crippen molar-refractivity contribution in [1.82, 2.24) is 9.36 Å². The Bertz CT molecular complexity index is 387. The third-order valence-corrected chi connectivity index (χ3v) is 4.60. The van der Waals surface area contributed by atoms with Crippen molar-refractivity contribution in [3.63, 3.8) is 0 Å². The lowest BCUT2D eigenvalue weighted by atomic mass is 9.89. The second kappa shape index (κ2) is 4.53. The molecule has 0 radical (unpaired) electrons. The van der Waals surface area contributed by atoms with E-state index < -0.39 is 0 Å². The van der Waals surface area contributed by atoms with Gasteiger partial charge in [0.1, 0.15) is 5.82 Å². The normalized spacial score (nSPS) is 27.5. The molecule has 1 aliphatic heterocycles. The molecule has 5 heteroatoms. The van der Waals surface area contributed by atoms with E-state index in [1.54, 1.807) is 0 Å². The van der Waals surface area contributed by atoms with E-state index in [1.807, 2.05) is 6.92 Å². The number of nitrogens with one attached hydrogen (secondary N) is 1. The quantitative estimate of drug-likeness (QED) is 0.880. The highest BCUT2D eigenvalue weighted by Gasteiger charge is 2.39. The molecule has 1 unspecified atom stereocenters. The van der Waals surface area contributed by atoms with Crippen LogP contribution in [0.25, 0.3) is 0 Å². The molecule has 0 aromatic carbocycles. The van der Waals surface area contributed by atoms with Gasteiger partial charge in [0.05, 0.1) is 5.60 Å². The van der Waals surface area contributed by atoms with Crippen LogP contribution in [0.2, 0.25) is 0 Å². The first kappa shape index (κ1) is 11.4. The molecule has 1 aromatic heterocycles. The van der Waals surface area contributed by atoms with Gasteiger partial charge in [0.25, 0.3) is 0 Å². The van der Waals surface area contributed by atoms with Crippen LogP contribution < -0.4 is 5.32 Å². The number of aryl methyl sites for hydroxylation is 1.